The van der Waals surface area contributed by atoms with Gasteiger partial charge in [0.1, 0.15) is 11.0 Å². The van der Waals surface area contributed by atoms with Gasteiger partial charge in [0.15, 0.2) is 19.7 Å². The van der Waals surface area contributed by atoms with E-state index in [0.29, 0.717) is 17.9 Å². The van der Waals surface area contributed by atoms with E-state index in [1.807, 2.05) is 0 Å². The minimum absolute atomic E-state index is 0.0648. The van der Waals surface area contributed by atoms with Crippen LogP contribution < -0.4 is 4.74 Å². The van der Waals surface area contributed by atoms with Gasteiger partial charge in [-0.15, -0.1) is 0 Å². The van der Waals surface area contributed by atoms with Crippen molar-refractivity contribution < 1.29 is 21.6 Å². The van der Waals surface area contributed by atoms with E-state index < -0.39 is 30.7 Å². The van der Waals surface area contributed by atoms with Crippen LogP contribution in [-0.2, 0) is 19.7 Å². The second kappa shape index (κ2) is 7.40. The molecule has 0 N–H and O–H groups in total. The lowest BCUT2D eigenvalue weighted by molar-refractivity contribution is 0.305. The third-order valence-corrected chi connectivity index (χ3v) is 8.61. The van der Waals surface area contributed by atoms with Crippen molar-refractivity contribution in [3.63, 3.8) is 0 Å². The Bertz CT molecular complexity index is 980. The standard InChI is InChI=1S/C19H22O5S2/c1-2-3-7-12-24-15-10-11-17-18(13-15)25(20,21)14-19(17)26(22,23)16-8-5-4-6-9-16/h4-6,8-11,13,19H,2-3,7,12,14H2,1H3. The van der Waals surface area contributed by atoms with Gasteiger partial charge in [-0.1, -0.05) is 44.0 Å². The molecule has 1 heterocycles. The summed E-state index contributed by atoms with van der Waals surface area (Å²) in [6.07, 6.45) is 3.01. The Labute approximate surface area is 154 Å². The minimum atomic E-state index is -3.78. The van der Waals surface area contributed by atoms with Crippen molar-refractivity contribution in [2.24, 2.45) is 0 Å². The normalized spacial score (nSPS) is 18.4. The number of ether oxygens (including phenoxy) is 1. The number of hydrogen-bond donors (Lipinski definition) is 0. The molecule has 1 aliphatic rings. The fourth-order valence-corrected chi connectivity index (χ4v) is 7.45. The summed E-state index contributed by atoms with van der Waals surface area (Å²) in [7, 11) is -7.44. The lowest BCUT2D eigenvalue weighted by Crippen LogP contribution is -2.15. The van der Waals surface area contributed by atoms with Crippen molar-refractivity contribution in [3.05, 3.63) is 54.1 Å². The molecule has 2 aromatic carbocycles. The van der Waals surface area contributed by atoms with Crippen LogP contribution in [0.4, 0.5) is 0 Å². The van der Waals surface area contributed by atoms with Gasteiger partial charge in [-0.05, 0) is 36.2 Å². The minimum Gasteiger partial charge on any atom is -0.494 e. The number of benzene rings is 2. The van der Waals surface area contributed by atoms with Crippen molar-refractivity contribution in [2.75, 3.05) is 12.4 Å². The summed E-state index contributed by atoms with van der Waals surface area (Å²) in [6.45, 7) is 2.60. The molecule has 1 aliphatic heterocycles. The summed E-state index contributed by atoms with van der Waals surface area (Å²) in [5, 5.41) is -1.08. The van der Waals surface area contributed by atoms with Crippen LogP contribution in [-0.4, -0.2) is 29.2 Å². The first-order chi connectivity index (χ1) is 12.4. The van der Waals surface area contributed by atoms with E-state index >= 15 is 0 Å². The second-order valence-electron chi connectivity index (χ2n) is 6.38. The van der Waals surface area contributed by atoms with Crippen molar-refractivity contribution in [2.45, 2.75) is 41.2 Å². The molecule has 1 unspecified atom stereocenters. The average molecular weight is 395 g/mol. The maximum absolute atomic E-state index is 12.9. The lowest BCUT2D eigenvalue weighted by Gasteiger charge is -2.12. The van der Waals surface area contributed by atoms with Gasteiger partial charge in [0.05, 0.1) is 22.2 Å². The zero-order valence-corrected chi connectivity index (χ0v) is 16.2. The molecule has 0 spiro atoms. The first kappa shape index (κ1) is 18.9. The fraction of sp³-hybridized carbons (Fsp3) is 0.368. The number of sulfone groups is 2. The molecule has 7 heteroatoms. The van der Waals surface area contributed by atoms with E-state index in [2.05, 4.69) is 6.92 Å². The maximum Gasteiger partial charge on any atom is 0.186 e. The summed E-state index contributed by atoms with van der Waals surface area (Å²) in [5.41, 5.74) is 0.328. The van der Waals surface area contributed by atoms with Crippen LogP contribution in [0.2, 0.25) is 0 Å². The SMILES string of the molecule is CCCCCOc1ccc2c(c1)S(=O)(=O)CC2S(=O)(=O)c1ccccc1. The molecule has 1 atom stereocenters. The van der Waals surface area contributed by atoms with Crippen LogP contribution in [0.1, 0.15) is 37.0 Å². The smallest absolute Gasteiger partial charge is 0.186 e. The quantitative estimate of drug-likeness (QED) is 0.671. The van der Waals surface area contributed by atoms with E-state index in [1.54, 1.807) is 30.3 Å². The molecule has 2 aromatic rings. The fourth-order valence-electron chi connectivity index (χ4n) is 3.09. The highest BCUT2D eigenvalue weighted by molar-refractivity contribution is 7.96. The highest BCUT2D eigenvalue weighted by Crippen LogP contribution is 2.42. The molecule has 0 saturated carbocycles. The van der Waals surface area contributed by atoms with Gasteiger partial charge >= 0.3 is 0 Å². The zero-order chi connectivity index (χ0) is 18.8. The number of fused-ring (bicyclic) bond motifs is 1. The van der Waals surface area contributed by atoms with Gasteiger partial charge < -0.3 is 4.74 Å². The predicted octanol–water partition coefficient (Wildman–Crippen LogP) is 3.56. The van der Waals surface area contributed by atoms with Gasteiger partial charge in [0, 0.05) is 0 Å². The van der Waals surface area contributed by atoms with E-state index in [0.717, 1.165) is 19.3 Å². The zero-order valence-electron chi connectivity index (χ0n) is 14.6. The predicted molar refractivity (Wildman–Crippen MR) is 99.9 cm³/mol. The van der Waals surface area contributed by atoms with Crippen molar-refractivity contribution >= 4 is 19.7 Å². The van der Waals surface area contributed by atoms with Crippen molar-refractivity contribution in [1.82, 2.24) is 0 Å². The molecular weight excluding hydrogens is 372 g/mol. The van der Waals surface area contributed by atoms with Gasteiger partial charge in [-0.3, -0.25) is 0 Å². The summed E-state index contributed by atoms with van der Waals surface area (Å²) in [6, 6.07) is 12.6. The topological polar surface area (TPSA) is 77.5 Å². The number of hydrogen-bond acceptors (Lipinski definition) is 5. The number of rotatable bonds is 7. The van der Waals surface area contributed by atoms with Crippen LogP contribution >= 0.6 is 0 Å². The van der Waals surface area contributed by atoms with Crippen LogP contribution in [0.25, 0.3) is 0 Å². The second-order valence-corrected chi connectivity index (χ2v) is 10.5. The van der Waals surface area contributed by atoms with Crippen LogP contribution in [0.15, 0.2) is 58.3 Å². The molecule has 0 fully saturated rings. The Balaban J connectivity index is 1.93. The van der Waals surface area contributed by atoms with Gasteiger partial charge in [-0.2, -0.15) is 0 Å². The summed E-state index contributed by atoms with van der Waals surface area (Å²) in [5.74, 6) is 0.0277. The first-order valence-corrected chi connectivity index (χ1v) is 11.8. The molecule has 0 saturated heterocycles. The third-order valence-electron chi connectivity index (χ3n) is 4.50. The van der Waals surface area contributed by atoms with Crippen LogP contribution in [0.5, 0.6) is 5.75 Å². The van der Waals surface area contributed by atoms with Crippen LogP contribution in [0, 0.1) is 0 Å². The Morgan fingerprint density at radius 2 is 1.81 bits per heavy atom. The van der Waals surface area contributed by atoms with E-state index in [-0.39, 0.29) is 9.79 Å². The van der Waals surface area contributed by atoms with Gasteiger partial charge in [0.25, 0.3) is 0 Å². The third kappa shape index (κ3) is 3.64. The molecule has 0 bridgehead atoms. The highest BCUT2D eigenvalue weighted by atomic mass is 32.2. The molecule has 0 radical (unpaired) electrons. The van der Waals surface area contributed by atoms with E-state index in [1.165, 1.54) is 18.2 Å². The summed E-state index contributed by atoms with van der Waals surface area (Å²) >= 11 is 0. The monoisotopic (exact) mass is 394 g/mol. The summed E-state index contributed by atoms with van der Waals surface area (Å²) < 4.78 is 56.6. The van der Waals surface area contributed by atoms with Crippen molar-refractivity contribution in [3.8, 4) is 5.75 Å². The Morgan fingerprint density at radius 3 is 2.50 bits per heavy atom. The van der Waals surface area contributed by atoms with Crippen molar-refractivity contribution in [1.29, 1.82) is 0 Å². The highest BCUT2D eigenvalue weighted by Gasteiger charge is 2.43. The maximum atomic E-state index is 12.9. The van der Waals surface area contributed by atoms with Gasteiger partial charge in [0.2, 0.25) is 0 Å². The lowest BCUT2D eigenvalue weighted by atomic mass is 10.1. The first-order valence-electron chi connectivity index (χ1n) is 8.64. The largest absolute Gasteiger partial charge is 0.494 e. The molecule has 140 valence electrons. The molecule has 0 amide bonds. The molecule has 0 aliphatic carbocycles. The van der Waals surface area contributed by atoms with E-state index in [9.17, 15) is 16.8 Å². The average Bonchev–Trinajstić information content (AvgIpc) is 2.91. The summed E-state index contributed by atoms with van der Waals surface area (Å²) in [4.78, 5) is 0.197. The van der Waals surface area contributed by atoms with Crippen LogP contribution in [0.3, 0.4) is 0 Å². The molecule has 3 rings (SSSR count). The number of unbranched alkanes of at least 4 members (excludes halogenated alkanes) is 2. The molecule has 26 heavy (non-hydrogen) atoms. The van der Waals surface area contributed by atoms with Gasteiger partial charge in [-0.25, -0.2) is 16.8 Å². The Hall–Kier alpha value is -1.86. The Morgan fingerprint density at radius 1 is 1.08 bits per heavy atom. The molecule has 5 nitrogen and oxygen atoms in total. The molecular formula is C19H22O5S2. The Kier molecular flexibility index (Phi) is 5.39. The molecule has 0 aromatic heterocycles. The van der Waals surface area contributed by atoms with E-state index in [4.69, 9.17) is 4.74 Å².